The Balaban J connectivity index is 2.09. The second kappa shape index (κ2) is 6.82. The number of ether oxygens (including phenoxy) is 1. The molecule has 0 fully saturated rings. The molecule has 0 spiro atoms. The Kier molecular flexibility index (Phi) is 5.05. The standard InChI is InChI=1S/C15H12F3NO3S/c1-23(21)13-4-2-3-11(9-13)19-14(20)10-5-7-12(8-6-10)22-15(16,17)18/h2-9H,1H3,(H,19,20). The first-order valence-electron chi connectivity index (χ1n) is 6.35. The van der Waals surface area contributed by atoms with Crippen molar-refractivity contribution in [1.29, 1.82) is 0 Å². The summed E-state index contributed by atoms with van der Waals surface area (Å²) in [5.41, 5.74) is 0.612. The van der Waals surface area contributed by atoms with Crippen LogP contribution in [0, 0.1) is 0 Å². The highest BCUT2D eigenvalue weighted by molar-refractivity contribution is 7.84. The lowest BCUT2D eigenvalue weighted by Gasteiger charge is -2.10. The van der Waals surface area contributed by atoms with E-state index in [4.69, 9.17) is 0 Å². The van der Waals surface area contributed by atoms with Gasteiger partial charge in [0.1, 0.15) is 5.75 Å². The third-order valence-electron chi connectivity index (χ3n) is 2.77. The SMILES string of the molecule is CS(=O)c1cccc(NC(=O)c2ccc(OC(F)(F)F)cc2)c1. The molecule has 2 aromatic carbocycles. The first kappa shape index (κ1) is 17.0. The number of amides is 1. The molecule has 8 heteroatoms. The summed E-state index contributed by atoms with van der Waals surface area (Å²) in [5.74, 6) is -0.903. The third kappa shape index (κ3) is 5.10. The summed E-state index contributed by atoms with van der Waals surface area (Å²) in [6.07, 6.45) is -3.26. The van der Waals surface area contributed by atoms with Crippen LogP contribution in [0.25, 0.3) is 0 Å². The maximum Gasteiger partial charge on any atom is 0.573 e. The molecular formula is C15H12F3NO3S. The Morgan fingerprint density at radius 2 is 1.78 bits per heavy atom. The van der Waals surface area contributed by atoms with Crippen LogP contribution < -0.4 is 10.1 Å². The molecule has 1 unspecified atom stereocenters. The van der Waals surface area contributed by atoms with Gasteiger partial charge in [-0.2, -0.15) is 0 Å². The van der Waals surface area contributed by atoms with Gasteiger partial charge in [0, 0.05) is 33.2 Å². The zero-order valence-corrected chi connectivity index (χ0v) is 12.7. The minimum Gasteiger partial charge on any atom is -0.406 e. The minimum atomic E-state index is -4.78. The molecule has 2 rings (SSSR count). The number of alkyl halides is 3. The summed E-state index contributed by atoms with van der Waals surface area (Å²) in [5, 5.41) is 2.58. The molecular weight excluding hydrogens is 331 g/mol. The maximum atomic E-state index is 12.1. The van der Waals surface area contributed by atoms with E-state index in [0.717, 1.165) is 12.1 Å². The van der Waals surface area contributed by atoms with Crippen LogP contribution in [0.1, 0.15) is 10.4 Å². The van der Waals surface area contributed by atoms with Crippen LogP contribution in [-0.4, -0.2) is 22.7 Å². The Labute approximate surface area is 132 Å². The van der Waals surface area contributed by atoms with Crippen molar-refractivity contribution >= 4 is 22.4 Å². The molecule has 0 aliphatic rings. The van der Waals surface area contributed by atoms with Crippen molar-refractivity contribution in [2.45, 2.75) is 11.3 Å². The van der Waals surface area contributed by atoms with Crippen molar-refractivity contribution in [3.8, 4) is 5.75 Å². The fourth-order valence-electron chi connectivity index (χ4n) is 1.76. The molecule has 1 amide bonds. The lowest BCUT2D eigenvalue weighted by atomic mass is 10.2. The second-order valence-electron chi connectivity index (χ2n) is 4.51. The summed E-state index contributed by atoms with van der Waals surface area (Å²) in [7, 11) is -1.19. The maximum absolute atomic E-state index is 12.1. The van der Waals surface area contributed by atoms with Gasteiger partial charge in [-0.15, -0.1) is 13.2 Å². The van der Waals surface area contributed by atoms with Crippen LogP contribution in [0.4, 0.5) is 18.9 Å². The Morgan fingerprint density at radius 1 is 1.13 bits per heavy atom. The van der Waals surface area contributed by atoms with E-state index in [0.29, 0.717) is 10.6 Å². The van der Waals surface area contributed by atoms with Crippen molar-refractivity contribution in [1.82, 2.24) is 0 Å². The molecule has 1 N–H and O–H groups in total. The first-order chi connectivity index (χ1) is 10.7. The smallest absolute Gasteiger partial charge is 0.406 e. The molecule has 2 aromatic rings. The van der Waals surface area contributed by atoms with E-state index in [2.05, 4.69) is 10.1 Å². The van der Waals surface area contributed by atoms with Crippen LogP contribution in [-0.2, 0) is 10.8 Å². The van der Waals surface area contributed by atoms with E-state index in [-0.39, 0.29) is 5.56 Å². The van der Waals surface area contributed by atoms with Crippen molar-refractivity contribution < 1.29 is 26.9 Å². The number of anilines is 1. The predicted molar refractivity (Wildman–Crippen MR) is 79.9 cm³/mol. The zero-order valence-electron chi connectivity index (χ0n) is 11.9. The van der Waals surface area contributed by atoms with Crippen LogP contribution in [0.2, 0.25) is 0 Å². The molecule has 0 saturated carbocycles. The fourth-order valence-corrected chi connectivity index (χ4v) is 2.33. The molecule has 23 heavy (non-hydrogen) atoms. The lowest BCUT2D eigenvalue weighted by Crippen LogP contribution is -2.17. The number of benzene rings is 2. The fraction of sp³-hybridized carbons (Fsp3) is 0.133. The average Bonchev–Trinajstić information content (AvgIpc) is 2.46. The van der Waals surface area contributed by atoms with Gasteiger partial charge in [0.25, 0.3) is 5.91 Å². The van der Waals surface area contributed by atoms with E-state index in [9.17, 15) is 22.2 Å². The largest absolute Gasteiger partial charge is 0.573 e. The molecule has 0 heterocycles. The Bertz CT molecular complexity index is 729. The van der Waals surface area contributed by atoms with Crippen molar-refractivity contribution in [2.24, 2.45) is 0 Å². The van der Waals surface area contributed by atoms with Crippen molar-refractivity contribution in [3.05, 3.63) is 54.1 Å². The van der Waals surface area contributed by atoms with E-state index in [1.54, 1.807) is 24.3 Å². The number of nitrogens with one attached hydrogen (secondary N) is 1. The van der Waals surface area contributed by atoms with Crippen LogP contribution in [0.15, 0.2) is 53.4 Å². The van der Waals surface area contributed by atoms with Gasteiger partial charge in [-0.05, 0) is 42.5 Å². The van der Waals surface area contributed by atoms with Gasteiger partial charge >= 0.3 is 6.36 Å². The molecule has 122 valence electrons. The second-order valence-corrected chi connectivity index (χ2v) is 5.89. The molecule has 1 atom stereocenters. The summed E-state index contributed by atoms with van der Waals surface area (Å²) in [4.78, 5) is 12.6. The van der Waals surface area contributed by atoms with Gasteiger partial charge in [-0.25, -0.2) is 0 Å². The summed E-state index contributed by atoms with van der Waals surface area (Å²) in [6, 6.07) is 11.0. The first-order valence-corrected chi connectivity index (χ1v) is 7.91. The van der Waals surface area contributed by atoms with Crippen molar-refractivity contribution in [2.75, 3.05) is 11.6 Å². The number of rotatable bonds is 4. The number of hydrogen-bond acceptors (Lipinski definition) is 3. The summed E-state index contributed by atoms with van der Waals surface area (Å²) < 4.78 is 51.3. The van der Waals surface area contributed by atoms with Gasteiger partial charge in [0.2, 0.25) is 0 Å². The van der Waals surface area contributed by atoms with E-state index in [1.165, 1.54) is 18.4 Å². The van der Waals surface area contributed by atoms with Crippen LogP contribution in [0.3, 0.4) is 0 Å². The van der Waals surface area contributed by atoms with Crippen LogP contribution >= 0.6 is 0 Å². The molecule has 0 radical (unpaired) electrons. The molecule has 0 saturated heterocycles. The number of carbonyl (C=O) groups is 1. The topological polar surface area (TPSA) is 55.4 Å². The van der Waals surface area contributed by atoms with E-state index in [1.807, 2.05) is 0 Å². The predicted octanol–water partition coefficient (Wildman–Crippen LogP) is 3.57. The molecule has 0 aliphatic heterocycles. The van der Waals surface area contributed by atoms with Gasteiger partial charge in [-0.1, -0.05) is 6.07 Å². The quantitative estimate of drug-likeness (QED) is 0.923. The van der Waals surface area contributed by atoms with Crippen molar-refractivity contribution in [3.63, 3.8) is 0 Å². The van der Waals surface area contributed by atoms with Crippen LogP contribution in [0.5, 0.6) is 5.75 Å². The summed E-state index contributed by atoms with van der Waals surface area (Å²) in [6.45, 7) is 0. The molecule has 4 nitrogen and oxygen atoms in total. The minimum absolute atomic E-state index is 0.169. The average molecular weight is 343 g/mol. The number of hydrogen-bond donors (Lipinski definition) is 1. The van der Waals surface area contributed by atoms with Gasteiger partial charge < -0.3 is 10.1 Å². The molecule has 0 aromatic heterocycles. The van der Waals surface area contributed by atoms with E-state index < -0.39 is 28.8 Å². The highest BCUT2D eigenvalue weighted by Gasteiger charge is 2.31. The number of halogens is 3. The molecule has 0 bridgehead atoms. The zero-order chi connectivity index (χ0) is 17.0. The van der Waals surface area contributed by atoms with Gasteiger partial charge in [-0.3, -0.25) is 9.00 Å². The Hall–Kier alpha value is -2.35. The third-order valence-corrected chi connectivity index (χ3v) is 3.69. The van der Waals surface area contributed by atoms with Gasteiger partial charge in [0.15, 0.2) is 0 Å². The normalized spacial score (nSPS) is 12.5. The lowest BCUT2D eigenvalue weighted by molar-refractivity contribution is -0.274. The van der Waals surface area contributed by atoms with Gasteiger partial charge in [0.05, 0.1) is 0 Å². The monoisotopic (exact) mass is 343 g/mol. The summed E-state index contributed by atoms with van der Waals surface area (Å²) >= 11 is 0. The highest BCUT2D eigenvalue weighted by Crippen LogP contribution is 2.23. The highest BCUT2D eigenvalue weighted by atomic mass is 32.2. The molecule has 0 aliphatic carbocycles. The Morgan fingerprint density at radius 3 is 2.35 bits per heavy atom. The number of carbonyl (C=O) groups excluding carboxylic acids is 1. The van der Waals surface area contributed by atoms with E-state index >= 15 is 0 Å².